The van der Waals surface area contributed by atoms with Crippen molar-refractivity contribution in [3.63, 3.8) is 0 Å². The van der Waals surface area contributed by atoms with Gasteiger partial charge >= 0.3 is 0 Å². The van der Waals surface area contributed by atoms with Crippen LogP contribution in [0.1, 0.15) is 11.1 Å². The molecule has 0 unspecified atom stereocenters. The first-order valence-electron chi connectivity index (χ1n) is 17.7. The first-order chi connectivity index (χ1) is 25.6. The number of aryl methyl sites for hydroxylation is 2. The predicted molar refractivity (Wildman–Crippen MR) is 223 cm³/mol. The number of hydrogen-bond acceptors (Lipinski definition) is 4. The first kappa shape index (κ1) is 30.5. The lowest BCUT2D eigenvalue weighted by atomic mass is 10.0. The van der Waals surface area contributed by atoms with Crippen LogP contribution in [0.3, 0.4) is 0 Å². The van der Waals surface area contributed by atoms with E-state index in [4.69, 9.17) is 4.42 Å². The Kier molecular flexibility index (Phi) is 7.12. The molecule has 0 aliphatic heterocycles. The lowest BCUT2D eigenvalue weighted by molar-refractivity contribution is 0.669. The Bertz CT molecular complexity index is 2900. The van der Waals surface area contributed by atoms with Gasteiger partial charge < -0.3 is 14.2 Å². The second kappa shape index (κ2) is 12.2. The van der Waals surface area contributed by atoms with E-state index in [1.54, 1.807) is 0 Å². The molecule has 0 amide bonds. The van der Waals surface area contributed by atoms with Crippen LogP contribution < -0.4 is 9.80 Å². The minimum Gasteiger partial charge on any atom is -0.456 e. The van der Waals surface area contributed by atoms with E-state index in [0.29, 0.717) is 0 Å². The van der Waals surface area contributed by atoms with Crippen LogP contribution in [0.5, 0.6) is 0 Å². The van der Waals surface area contributed by atoms with E-state index in [2.05, 4.69) is 194 Å². The number of thiophene rings is 1. The zero-order valence-corrected chi connectivity index (χ0v) is 29.7. The summed E-state index contributed by atoms with van der Waals surface area (Å²) in [5, 5.41) is 7.40. The Morgan fingerprint density at radius 1 is 0.423 bits per heavy atom. The summed E-state index contributed by atoms with van der Waals surface area (Å²) in [5.74, 6) is 0. The average Bonchev–Trinajstić information content (AvgIpc) is 3.74. The summed E-state index contributed by atoms with van der Waals surface area (Å²) in [6.07, 6.45) is 0. The van der Waals surface area contributed by atoms with E-state index in [-0.39, 0.29) is 0 Å². The van der Waals surface area contributed by atoms with Gasteiger partial charge in [0.15, 0.2) is 0 Å². The molecule has 8 aromatic carbocycles. The molecule has 0 fully saturated rings. The molecule has 0 radical (unpaired) electrons. The van der Waals surface area contributed by atoms with E-state index >= 15 is 0 Å². The van der Waals surface area contributed by atoms with Crippen molar-refractivity contribution in [2.24, 2.45) is 0 Å². The average molecular weight is 687 g/mol. The van der Waals surface area contributed by atoms with Crippen molar-refractivity contribution in [2.45, 2.75) is 13.8 Å². The normalized spacial score (nSPS) is 11.7. The quantitative estimate of drug-likeness (QED) is 0.174. The van der Waals surface area contributed by atoms with Crippen molar-refractivity contribution >= 4 is 98.3 Å². The van der Waals surface area contributed by atoms with Crippen molar-refractivity contribution in [1.29, 1.82) is 0 Å². The summed E-state index contributed by atoms with van der Waals surface area (Å²) in [5.41, 5.74) is 10.7. The molecule has 0 atom stereocenters. The number of rotatable bonds is 6. The molecule has 52 heavy (non-hydrogen) atoms. The van der Waals surface area contributed by atoms with Crippen molar-refractivity contribution in [3.8, 4) is 0 Å². The molecule has 0 saturated carbocycles. The van der Waals surface area contributed by atoms with E-state index in [0.717, 1.165) is 56.1 Å². The number of anilines is 6. The highest BCUT2D eigenvalue weighted by Crippen LogP contribution is 2.45. The molecule has 10 aromatic rings. The van der Waals surface area contributed by atoms with Crippen LogP contribution >= 0.6 is 11.3 Å². The highest BCUT2D eigenvalue weighted by atomic mass is 32.1. The van der Waals surface area contributed by atoms with Gasteiger partial charge in [-0.05, 0) is 115 Å². The molecule has 3 nitrogen and oxygen atoms in total. The second-order valence-corrected chi connectivity index (χ2v) is 14.6. The second-order valence-electron chi connectivity index (χ2n) is 13.5. The van der Waals surface area contributed by atoms with Crippen LogP contribution in [0.4, 0.5) is 34.1 Å². The molecule has 2 aromatic heterocycles. The third-order valence-electron chi connectivity index (χ3n) is 10.1. The fraction of sp³-hybridized carbons (Fsp3) is 0.0417. The molecule has 0 aliphatic rings. The molecule has 0 spiro atoms. The van der Waals surface area contributed by atoms with Gasteiger partial charge in [-0.3, -0.25) is 0 Å². The first-order valence-corrected chi connectivity index (χ1v) is 18.5. The van der Waals surface area contributed by atoms with Crippen molar-refractivity contribution in [3.05, 3.63) is 181 Å². The molecule has 2 heterocycles. The summed E-state index contributed by atoms with van der Waals surface area (Å²) in [7, 11) is 0. The monoisotopic (exact) mass is 686 g/mol. The summed E-state index contributed by atoms with van der Waals surface area (Å²) in [6.45, 7) is 4.36. The maximum atomic E-state index is 6.68. The molecule has 0 N–H and O–H groups in total. The third kappa shape index (κ3) is 5.03. The molecule has 4 heteroatoms. The van der Waals surface area contributed by atoms with Gasteiger partial charge in [0.1, 0.15) is 11.2 Å². The molecule has 248 valence electrons. The van der Waals surface area contributed by atoms with Gasteiger partial charge in [-0.25, -0.2) is 0 Å². The number of fused-ring (bicyclic) bond motifs is 8. The van der Waals surface area contributed by atoms with Crippen molar-refractivity contribution in [2.75, 3.05) is 9.80 Å². The smallest absolute Gasteiger partial charge is 0.137 e. The summed E-state index contributed by atoms with van der Waals surface area (Å²) < 4.78 is 9.31. The van der Waals surface area contributed by atoms with Crippen LogP contribution in [0.2, 0.25) is 0 Å². The fourth-order valence-corrected chi connectivity index (χ4v) is 9.02. The number of benzene rings is 8. The molecule has 0 saturated heterocycles. The van der Waals surface area contributed by atoms with Gasteiger partial charge in [0, 0.05) is 65.4 Å². The maximum absolute atomic E-state index is 6.68. The Morgan fingerprint density at radius 2 is 1.08 bits per heavy atom. The maximum Gasteiger partial charge on any atom is 0.137 e. The number of furan rings is 1. The lowest BCUT2D eigenvalue weighted by Crippen LogP contribution is -2.10. The van der Waals surface area contributed by atoms with E-state index in [9.17, 15) is 0 Å². The minimum absolute atomic E-state index is 0.874. The Morgan fingerprint density at radius 3 is 1.85 bits per heavy atom. The highest BCUT2D eigenvalue weighted by Gasteiger charge is 2.20. The van der Waals surface area contributed by atoms with Gasteiger partial charge in [-0.15, -0.1) is 11.3 Å². The number of nitrogens with zero attached hydrogens (tertiary/aromatic N) is 2. The lowest BCUT2D eigenvalue weighted by Gasteiger charge is -2.26. The van der Waals surface area contributed by atoms with Gasteiger partial charge in [0.2, 0.25) is 0 Å². The number of para-hydroxylation sites is 2. The standard InChI is InChI=1S/C48H34N2OS/c1-31-12-11-18-36(26-31)50(38-22-25-46-42(28-38)41-23-20-33-13-9-10-19-40(33)48(41)52-46)39-27-32(2)47-43-29-37(21-24-44(43)51-45(47)30-39)49(34-14-5-3-6-15-34)35-16-7-4-8-17-35/h3-30H,1-2H3. The van der Waals surface area contributed by atoms with Crippen LogP contribution in [0, 0.1) is 13.8 Å². The van der Waals surface area contributed by atoms with Gasteiger partial charge in [0.05, 0.1) is 5.69 Å². The number of hydrogen-bond donors (Lipinski definition) is 0. The minimum atomic E-state index is 0.874. The van der Waals surface area contributed by atoms with Crippen molar-refractivity contribution in [1.82, 2.24) is 0 Å². The summed E-state index contributed by atoms with van der Waals surface area (Å²) in [4.78, 5) is 4.67. The summed E-state index contributed by atoms with van der Waals surface area (Å²) >= 11 is 1.88. The van der Waals surface area contributed by atoms with Gasteiger partial charge in [0.25, 0.3) is 0 Å². The Balaban J connectivity index is 1.14. The van der Waals surface area contributed by atoms with E-state index in [1.165, 1.54) is 42.1 Å². The van der Waals surface area contributed by atoms with Crippen LogP contribution in [-0.2, 0) is 0 Å². The fourth-order valence-electron chi connectivity index (χ4n) is 7.80. The Hall–Kier alpha value is -6.36. The van der Waals surface area contributed by atoms with Crippen LogP contribution in [0.15, 0.2) is 174 Å². The topological polar surface area (TPSA) is 19.6 Å². The Labute approximate surface area is 306 Å². The van der Waals surface area contributed by atoms with E-state index < -0.39 is 0 Å². The van der Waals surface area contributed by atoms with Crippen LogP contribution in [-0.4, -0.2) is 0 Å². The van der Waals surface area contributed by atoms with E-state index in [1.807, 2.05) is 11.3 Å². The van der Waals surface area contributed by atoms with Crippen molar-refractivity contribution < 1.29 is 4.42 Å². The molecule has 0 bridgehead atoms. The van der Waals surface area contributed by atoms with Gasteiger partial charge in [-0.1, -0.05) is 84.9 Å². The molecular formula is C48H34N2OS. The highest BCUT2D eigenvalue weighted by molar-refractivity contribution is 7.26. The SMILES string of the molecule is Cc1cccc(N(c2cc(C)c3c(c2)oc2ccc(N(c4ccccc4)c4ccccc4)cc23)c2ccc3sc4c5ccccc5ccc4c3c2)c1. The molecule has 0 aliphatic carbocycles. The zero-order valence-electron chi connectivity index (χ0n) is 28.9. The third-order valence-corrected chi connectivity index (χ3v) is 11.4. The predicted octanol–water partition coefficient (Wildman–Crippen LogP) is 14.7. The van der Waals surface area contributed by atoms with Gasteiger partial charge in [-0.2, -0.15) is 0 Å². The van der Waals surface area contributed by atoms with Crippen LogP contribution in [0.25, 0.3) is 52.9 Å². The largest absolute Gasteiger partial charge is 0.456 e. The molecule has 10 rings (SSSR count). The molecular weight excluding hydrogens is 653 g/mol. The zero-order chi connectivity index (χ0) is 34.8. The summed E-state index contributed by atoms with van der Waals surface area (Å²) in [6, 6.07) is 61.0.